The third-order valence-electron chi connectivity index (χ3n) is 4.04. The van der Waals surface area contributed by atoms with Gasteiger partial charge in [-0.1, -0.05) is 0 Å². The topological polar surface area (TPSA) is 35.6 Å². The van der Waals surface area contributed by atoms with E-state index in [4.69, 9.17) is 0 Å². The Morgan fingerprint density at radius 1 is 1.42 bits per heavy atom. The van der Waals surface area contributed by atoms with Gasteiger partial charge in [0.15, 0.2) is 0 Å². The first-order valence-electron chi connectivity index (χ1n) is 6.99. The molecule has 1 aliphatic carbocycles. The molecule has 1 aromatic rings. The molecule has 4 nitrogen and oxygen atoms in total. The van der Waals surface area contributed by atoms with Crippen molar-refractivity contribution in [2.75, 3.05) is 37.0 Å². The summed E-state index contributed by atoms with van der Waals surface area (Å²) in [7, 11) is 3.95. The van der Waals surface area contributed by atoms with Crippen LogP contribution in [-0.2, 0) is 11.2 Å². The van der Waals surface area contributed by atoms with Gasteiger partial charge in [-0.2, -0.15) is 0 Å². The number of hydrogen-bond acceptors (Lipinski definition) is 3. The molecule has 2 aliphatic rings. The highest BCUT2D eigenvalue weighted by atomic mass is 16.2. The summed E-state index contributed by atoms with van der Waals surface area (Å²) in [5.41, 5.74) is 3.39. The monoisotopic (exact) mass is 259 g/mol. The van der Waals surface area contributed by atoms with Gasteiger partial charge in [0.1, 0.15) is 0 Å². The highest BCUT2D eigenvalue weighted by Crippen LogP contribution is 2.30. The third-order valence-corrected chi connectivity index (χ3v) is 4.04. The molecule has 1 heterocycles. The fraction of sp³-hybridized carbons (Fsp3) is 0.533. The maximum absolute atomic E-state index is 11.7. The van der Waals surface area contributed by atoms with Crippen molar-refractivity contribution in [2.45, 2.75) is 25.3 Å². The number of carbonyl (C=O) groups excluding carboxylic acids is 1. The molecule has 0 unspecified atom stereocenters. The number of fused-ring (bicyclic) bond motifs is 1. The summed E-state index contributed by atoms with van der Waals surface area (Å²) in [5, 5.41) is 3.52. The van der Waals surface area contributed by atoms with E-state index in [1.807, 2.05) is 7.05 Å². The lowest BCUT2D eigenvalue weighted by Gasteiger charge is -2.20. The second-order valence-corrected chi connectivity index (χ2v) is 5.59. The minimum Gasteiger partial charge on any atom is -0.373 e. The average molecular weight is 259 g/mol. The summed E-state index contributed by atoms with van der Waals surface area (Å²) in [4.78, 5) is 15.7. The number of nitrogens with zero attached hydrogens (tertiary/aromatic N) is 2. The van der Waals surface area contributed by atoms with Crippen molar-refractivity contribution < 1.29 is 4.79 Å². The minimum atomic E-state index is 0.185. The van der Waals surface area contributed by atoms with E-state index in [2.05, 4.69) is 35.5 Å². The molecule has 0 aromatic heterocycles. The fourth-order valence-corrected chi connectivity index (χ4v) is 2.55. The molecule has 1 N–H and O–H groups in total. The van der Waals surface area contributed by atoms with Gasteiger partial charge in [-0.3, -0.25) is 4.79 Å². The predicted octanol–water partition coefficient (Wildman–Crippen LogP) is 1.39. The zero-order valence-corrected chi connectivity index (χ0v) is 11.6. The summed E-state index contributed by atoms with van der Waals surface area (Å²) < 4.78 is 0. The Morgan fingerprint density at radius 3 is 2.95 bits per heavy atom. The van der Waals surface area contributed by atoms with Gasteiger partial charge in [0.2, 0.25) is 5.91 Å². The van der Waals surface area contributed by atoms with E-state index in [1.54, 1.807) is 4.90 Å². The molecule has 1 aliphatic heterocycles. The minimum absolute atomic E-state index is 0.185. The van der Waals surface area contributed by atoms with Crippen molar-refractivity contribution >= 4 is 17.3 Å². The first-order chi connectivity index (χ1) is 9.15. The van der Waals surface area contributed by atoms with E-state index >= 15 is 0 Å². The lowest BCUT2D eigenvalue weighted by molar-refractivity contribution is -0.117. The SMILES string of the molecule is CN(CCNC1CC1)c1ccc2c(c1)CC(=O)N2C. The van der Waals surface area contributed by atoms with Crippen LogP contribution in [0.25, 0.3) is 0 Å². The Labute approximate surface area is 114 Å². The number of likely N-dealkylation sites (N-methyl/N-ethyl adjacent to an activating group) is 2. The van der Waals surface area contributed by atoms with Crippen LogP contribution in [0.5, 0.6) is 0 Å². The number of rotatable bonds is 5. The summed E-state index contributed by atoms with van der Waals surface area (Å²) >= 11 is 0. The molecule has 4 heteroatoms. The highest BCUT2D eigenvalue weighted by molar-refractivity contribution is 6.01. The molecule has 1 amide bonds. The van der Waals surface area contributed by atoms with Crippen molar-refractivity contribution in [2.24, 2.45) is 0 Å². The van der Waals surface area contributed by atoms with Crippen LogP contribution in [0.3, 0.4) is 0 Å². The Bertz CT molecular complexity index is 496. The Morgan fingerprint density at radius 2 is 2.21 bits per heavy atom. The maximum Gasteiger partial charge on any atom is 0.231 e. The smallest absolute Gasteiger partial charge is 0.231 e. The Kier molecular flexibility index (Phi) is 3.19. The predicted molar refractivity (Wildman–Crippen MR) is 77.9 cm³/mol. The van der Waals surface area contributed by atoms with Crippen LogP contribution in [0.2, 0.25) is 0 Å². The quantitative estimate of drug-likeness (QED) is 0.868. The Balaban J connectivity index is 1.64. The van der Waals surface area contributed by atoms with Gasteiger partial charge in [-0.05, 0) is 36.6 Å². The summed E-state index contributed by atoms with van der Waals surface area (Å²) in [6.07, 6.45) is 3.20. The standard InChI is InChI=1S/C15H21N3O/c1-17(8-7-16-12-3-4-12)13-5-6-14-11(9-13)10-15(19)18(14)2/h5-6,9,12,16H,3-4,7-8,10H2,1-2H3. The summed E-state index contributed by atoms with van der Waals surface area (Å²) in [5.74, 6) is 0.185. The summed E-state index contributed by atoms with van der Waals surface area (Å²) in [6.45, 7) is 2.02. The molecule has 102 valence electrons. The molecule has 0 spiro atoms. The molecule has 19 heavy (non-hydrogen) atoms. The molecule has 0 saturated heterocycles. The second kappa shape index (κ2) is 4.85. The van der Waals surface area contributed by atoms with E-state index in [0.29, 0.717) is 6.42 Å². The molecular weight excluding hydrogens is 238 g/mol. The number of amides is 1. The van der Waals surface area contributed by atoms with Crippen LogP contribution in [0.15, 0.2) is 18.2 Å². The van der Waals surface area contributed by atoms with Crippen molar-refractivity contribution in [1.82, 2.24) is 5.32 Å². The van der Waals surface area contributed by atoms with Crippen molar-refractivity contribution in [3.05, 3.63) is 23.8 Å². The normalized spacial score (nSPS) is 17.8. The van der Waals surface area contributed by atoms with Gasteiger partial charge in [-0.25, -0.2) is 0 Å². The second-order valence-electron chi connectivity index (χ2n) is 5.59. The zero-order chi connectivity index (χ0) is 13.4. The number of nitrogens with one attached hydrogen (secondary N) is 1. The molecular formula is C15H21N3O. The molecule has 1 fully saturated rings. The first kappa shape index (κ1) is 12.5. The maximum atomic E-state index is 11.7. The number of hydrogen-bond donors (Lipinski definition) is 1. The molecule has 1 aromatic carbocycles. The van der Waals surface area contributed by atoms with Crippen molar-refractivity contribution in [3.63, 3.8) is 0 Å². The summed E-state index contributed by atoms with van der Waals surface area (Å²) in [6, 6.07) is 7.07. The Hall–Kier alpha value is -1.55. The largest absolute Gasteiger partial charge is 0.373 e. The van der Waals surface area contributed by atoms with Gasteiger partial charge >= 0.3 is 0 Å². The molecule has 1 saturated carbocycles. The van der Waals surface area contributed by atoms with Crippen LogP contribution < -0.4 is 15.1 Å². The fourth-order valence-electron chi connectivity index (χ4n) is 2.55. The van der Waals surface area contributed by atoms with Crippen LogP contribution in [0.1, 0.15) is 18.4 Å². The van der Waals surface area contributed by atoms with Gasteiger partial charge in [-0.15, -0.1) is 0 Å². The molecule has 0 radical (unpaired) electrons. The molecule has 0 bridgehead atoms. The highest BCUT2D eigenvalue weighted by Gasteiger charge is 2.24. The van der Waals surface area contributed by atoms with Crippen LogP contribution >= 0.6 is 0 Å². The lowest BCUT2D eigenvalue weighted by Crippen LogP contribution is -2.30. The average Bonchev–Trinajstić information content (AvgIpc) is 3.17. The molecule has 3 rings (SSSR count). The number of carbonyl (C=O) groups is 1. The zero-order valence-electron chi connectivity index (χ0n) is 11.6. The third kappa shape index (κ3) is 2.59. The van der Waals surface area contributed by atoms with E-state index in [-0.39, 0.29) is 5.91 Å². The lowest BCUT2D eigenvalue weighted by atomic mass is 10.1. The van der Waals surface area contributed by atoms with Crippen molar-refractivity contribution in [1.29, 1.82) is 0 Å². The number of benzene rings is 1. The van der Waals surface area contributed by atoms with Gasteiger partial charge in [0, 0.05) is 44.6 Å². The van der Waals surface area contributed by atoms with Crippen LogP contribution in [0, 0.1) is 0 Å². The first-order valence-corrected chi connectivity index (χ1v) is 6.99. The van der Waals surface area contributed by atoms with E-state index in [1.165, 1.54) is 18.5 Å². The van der Waals surface area contributed by atoms with Crippen LogP contribution in [-0.4, -0.2) is 39.1 Å². The van der Waals surface area contributed by atoms with Gasteiger partial charge < -0.3 is 15.1 Å². The van der Waals surface area contributed by atoms with Crippen LogP contribution in [0.4, 0.5) is 11.4 Å². The van der Waals surface area contributed by atoms with E-state index in [9.17, 15) is 4.79 Å². The van der Waals surface area contributed by atoms with E-state index < -0.39 is 0 Å². The molecule has 0 atom stereocenters. The van der Waals surface area contributed by atoms with Gasteiger partial charge in [0.25, 0.3) is 0 Å². The van der Waals surface area contributed by atoms with E-state index in [0.717, 1.165) is 30.4 Å². The van der Waals surface area contributed by atoms with Gasteiger partial charge in [0.05, 0.1) is 6.42 Å². The number of anilines is 2. The van der Waals surface area contributed by atoms with Crippen molar-refractivity contribution in [3.8, 4) is 0 Å².